The van der Waals surface area contributed by atoms with Crippen LogP contribution in [0.2, 0.25) is 0 Å². The second-order valence-corrected chi connectivity index (χ2v) is 4.80. The Bertz CT molecular complexity index is 683. The fraction of sp³-hybridized carbons (Fsp3) is 0.0769. The maximum atomic E-state index is 5.77. The normalized spacial score (nSPS) is 10.6. The third-order valence-corrected chi connectivity index (χ3v) is 3.44. The minimum Gasteiger partial charge on any atom is -0.472 e. The number of hydrogen-bond donors (Lipinski definition) is 2. The highest BCUT2D eigenvalue weighted by molar-refractivity contribution is 7.16. The van der Waals surface area contributed by atoms with Crippen molar-refractivity contribution in [3.8, 4) is 5.88 Å². The summed E-state index contributed by atoms with van der Waals surface area (Å²) in [5.41, 5.74) is 3.54. The monoisotopic (exact) mass is 272 g/mol. The van der Waals surface area contributed by atoms with Crippen LogP contribution in [-0.4, -0.2) is 9.97 Å². The van der Waals surface area contributed by atoms with E-state index in [0.29, 0.717) is 18.4 Å². The Kier molecular flexibility index (Phi) is 3.26. The van der Waals surface area contributed by atoms with Gasteiger partial charge in [-0.3, -0.25) is 5.43 Å². The first-order chi connectivity index (χ1) is 9.36. The Morgan fingerprint density at radius 2 is 2.00 bits per heavy atom. The van der Waals surface area contributed by atoms with E-state index in [0.717, 1.165) is 15.8 Å². The molecular weight excluding hydrogens is 260 g/mol. The second-order valence-electron chi connectivity index (χ2n) is 3.91. The number of benzene rings is 1. The molecular formula is C13H12N4OS. The van der Waals surface area contributed by atoms with E-state index in [1.807, 2.05) is 41.8 Å². The standard InChI is InChI=1S/C13H12N4OS/c14-17-13-15-11(10-6-7-19-12(10)16-13)18-8-9-4-2-1-3-5-9/h1-7H,8,14H2,(H,15,16,17). The fourth-order valence-corrected chi connectivity index (χ4v) is 2.48. The van der Waals surface area contributed by atoms with Gasteiger partial charge in [0.2, 0.25) is 11.8 Å². The first kappa shape index (κ1) is 11.9. The molecule has 0 spiro atoms. The van der Waals surface area contributed by atoms with Crippen LogP contribution in [0.4, 0.5) is 5.95 Å². The molecule has 2 heterocycles. The van der Waals surface area contributed by atoms with E-state index in [2.05, 4.69) is 15.4 Å². The summed E-state index contributed by atoms with van der Waals surface area (Å²) < 4.78 is 5.77. The van der Waals surface area contributed by atoms with Gasteiger partial charge in [-0.25, -0.2) is 10.8 Å². The van der Waals surface area contributed by atoms with Crippen molar-refractivity contribution in [1.82, 2.24) is 9.97 Å². The molecule has 96 valence electrons. The van der Waals surface area contributed by atoms with Gasteiger partial charge in [-0.2, -0.15) is 4.98 Å². The van der Waals surface area contributed by atoms with E-state index >= 15 is 0 Å². The molecule has 0 radical (unpaired) electrons. The van der Waals surface area contributed by atoms with Crippen LogP contribution in [0.5, 0.6) is 5.88 Å². The molecule has 5 nitrogen and oxygen atoms in total. The van der Waals surface area contributed by atoms with E-state index < -0.39 is 0 Å². The summed E-state index contributed by atoms with van der Waals surface area (Å²) in [6.45, 7) is 0.465. The Morgan fingerprint density at radius 1 is 1.16 bits per heavy atom. The summed E-state index contributed by atoms with van der Waals surface area (Å²) in [4.78, 5) is 9.36. The number of nitrogens with zero attached hydrogens (tertiary/aromatic N) is 2. The zero-order chi connectivity index (χ0) is 13.1. The van der Waals surface area contributed by atoms with Crippen LogP contribution in [-0.2, 0) is 6.61 Å². The van der Waals surface area contributed by atoms with Crippen molar-refractivity contribution in [2.45, 2.75) is 6.61 Å². The van der Waals surface area contributed by atoms with Gasteiger partial charge in [-0.05, 0) is 17.0 Å². The average molecular weight is 272 g/mol. The fourth-order valence-electron chi connectivity index (χ4n) is 1.73. The van der Waals surface area contributed by atoms with Gasteiger partial charge in [-0.15, -0.1) is 11.3 Å². The average Bonchev–Trinajstić information content (AvgIpc) is 2.94. The van der Waals surface area contributed by atoms with E-state index in [9.17, 15) is 0 Å². The van der Waals surface area contributed by atoms with E-state index in [4.69, 9.17) is 10.6 Å². The van der Waals surface area contributed by atoms with Gasteiger partial charge >= 0.3 is 0 Å². The SMILES string of the molecule is NNc1nc(OCc2ccccc2)c2ccsc2n1. The predicted molar refractivity (Wildman–Crippen MR) is 76.0 cm³/mol. The molecule has 2 aromatic heterocycles. The number of hydrogen-bond acceptors (Lipinski definition) is 6. The lowest BCUT2D eigenvalue weighted by Crippen LogP contribution is -2.11. The molecule has 0 amide bonds. The maximum Gasteiger partial charge on any atom is 0.241 e. The first-order valence-electron chi connectivity index (χ1n) is 5.75. The van der Waals surface area contributed by atoms with E-state index in [-0.39, 0.29) is 0 Å². The summed E-state index contributed by atoms with van der Waals surface area (Å²) in [6.07, 6.45) is 0. The van der Waals surface area contributed by atoms with Crippen molar-refractivity contribution in [2.75, 3.05) is 5.43 Å². The van der Waals surface area contributed by atoms with Crippen LogP contribution in [0.25, 0.3) is 10.2 Å². The first-order valence-corrected chi connectivity index (χ1v) is 6.63. The van der Waals surface area contributed by atoms with Crippen molar-refractivity contribution >= 4 is 27.5 Å². The molecule has 1 aromatic carbocycles. The van der Waals surface area contributed by atoms with Gasteiger partial charge in [0.25, 0.3) is 0 Å². The van der Waals surface area contributed by atoms with Gasteiger partial charge < -0.3 is 4.74 Å². The lowest BCUT2D eigenvalue weighted by Gasteiger charge is -2.07. The molecule has 0 saturated heterocycles. The number of hydrazine groups is 1. The topological polar surface area (TPSA) is 73.1 Å². The number of nitrogen functional groups attached to an aromatic ring is 1. The van der Waals surface area contributed by atoms with Crippen LogP contribution < -0.4 is 16.0 Å². The van der Waals surface area contributed by atoms with Gasteiger partial charge in [-0.1, -0.05) is 30.3 Å². The highest BCUT2D eigenvalue weighted by Gasteiger charge is 2.09. The van der Waals surface area contributed by atoms with Gasteiger partial charge in [0.15, 0.2) is 0 Å². The minimum absolute atomic E-state index is 0.359. The molecule has 0 aliphatic carbocycles. The number of anilines is 1. The molecule has 0 atom stereocenters. The van der Waals surface area contributed by atoms with Crippen molar-refractivity contribution < 1.29 is 4.74 Å². The summed E-state index contributed by atoms with van der Waals surface area (Å²) in [5, 5.41) is 2.86. The quantitative estimate of drug-likeness (QED) is 0.564. The number of nitrogens with one attached hydrogen (secondary N) is 1. The zero-order valence-electron chi connectivity index (χ0n) is 10.0. The molecule has 0 fully saturated rings. The smallest absolute Gasteiger partial charge is 0.241 e. The van der Waals surface area contributed by atoms with Gasteiger partial charge in [0.1, 0.15) is 11.4 Å². The molecule has 0 aliphatic heterocycles. The van der Waals surface area contributed by atoms with Gasteiger partial charge in [0, 0.05) is 0 Å². The lowest BCUT2D eigenvalue weighted by molar-refractivity contribution is 0.298. The molecule has 0 unspecified atom stereocenters. The van der Waals surface area contributed by atoms with Crippen molar-refractivity contribution in [1.29, 1.82) is 0 Å². The lowest BCUT2D eigenvalue weighted by atomic mass is 10.2. The molecule has 0 bridgehead atoms. The number of aromatic nitrogens is 2. The highest BCUT2D eigenvalue weighted by Crippen LogP contribution is 2.28. The Morgan fingerprint density at radius 3 is 2.79 bits per heavy atom. The summed E-state index contributed by atoms with van der Waals surface area (Å²) >= 11 is 1.53. The number of nitrogens with two attached hydrogens (primary N) is 1. The molecule has 6 heteroatoms. The van der Waals surface area contributed by atoms with E-state index in [1.54, 1.807) is 0 Å². The molecule has 0 aliphatic rings. The summed E-state index contributed by atoms with van der Waals surface area (Å²) in [5.74, 6) is 6.26. The second kappa shape index (κ2) is 5.21. The number of rotatable bonds is 4. The van der Waals surface area contributed by atoms with Crippen molar-refractivity contribution in [2.24, 2.45) is 5.84 Å². The zero-order valence-corrected chi connectivity index (χ0v) is 10.9. The summed E-state index contributed by atoms with van der Waals surface area (Å²) in [6, 6.07) is 11.9. The van der Waals surface area contributed by atoms with E-state index in [1.165, 1.54) is 11.3 Å². The van der Waals surface area contributed by atoms with Crippen LogP contribution in [0.15, 0.2) is 41.8 Å². The Balaban J connectivity index is 1.89. The van der Waals surface area contributed by atoms with Crippen molar-refractivity contribution in [3.05, 3.63) is 47.3 Å². The Labute approximate surface area is 114 Å². The largest absolute Gasteiger partial charge is 0.472 e. The number of ether oxygens (including phenoxy) is 1. The molecule has 3 N–H and O–H groups in total. The number of fused-ring (bicyclic) bond motifs is 1. The highest BCUT2D eigenvalue weighted by atomic mass is 32.1. The summed E-state index contributed by atoms with van der Waals surface area (Å²) in [7, 11) is 0. The maximum absolute atomic E-state index is 5.77. The molecule has 19 heavy (non-hydrogen) atoms. The Hall–Kier alpha value is -2.18. The van der Waals surface area contributed by atoms with Crippen LogP contribution in [0.1, 0.15) is 5.56 Å². The minimum atomic E-state index is 0.359. The third kappa shape index (κ3) is 2.49. The number of thiophene rings is 1. The molecule has 0 saturated carbocycles. The van der Waals surface area contributed by atoms with Crippen LogP contribution in [0, 0.1) is 0 Å². The van der Waals surface area contributed by atoms with Crippen LogP contribution in [0.3, 0.4) is 0 Å². The van der Waals surface area contributed by atoms with Crippen LogP contribution >= 0.6 is 11.3 Å². The third-order valence-electron chi connectivity index (χ3n) is 2.64. The predicted octanol–water partition coefficient (Wildman–Crippen LogP) is 2.56. The van der Waals surface area contributed by atoms with Crippen molar-refractivity contribution in [3.63, 3.8) is 0 Å². The molecule has 3 rings (SSSR count). The van der Waals surface area contributed by atoms with Gasteiger partial charge in [0.05, 0.1) is 5.39 Å². The molecule has 3 aromatic rings.